The van der Waals surface area contributed by atoms with Gasteiger partial charge >= 0.3 is 0 Å². The van der Waals surface area contributed by atoms with Crippen molar-refractivity contribution in [3.05, 3.63) is 35.4 Å². The third kappa shape index (κ3) is 6.03. The number of terminal acetylenes is 1. The highest BCUT2D eigenvalue weighted by Crippen LogP contribution is 2.14. The number of nitrogens with one attached hydrogen (secondary N) is 2. The van der Waals surface area contributed by atoms with Crippen molar-refractivity contribution in [1.29, 1.82) is 0 Å². The highest BCUT2D eigenvalue weighted by Gasteiger charge is 2.31. The van der Waals surface area contributed by atoms with E-state index in [0.29, 0.717) is 11.1 Å². The van der Waals surface area contributed by atoms with E-state index < -0.39 is 29.6 Å². The van der Waals surface area contributed by atoms with Crippen molar-refractivity contribution in [2.45, 2.75) is 45.4 Å². The van der Waals surface area contributed by atoms with Crippen LogP contribution in [0, 0.1) is 12.3 Å². The van der Waals surface area contributed by atoms with Crippen LogP contribution in [-0.4, -0.2) is 36.7 Å². The van der Waals surface area contributed by atoms with Gasteiger partial charge in [-0.1, -0.05) is 5.92 Å². The summed E-state index contributed by atoms with van der Waals surface area (Å²) in [5.41, 5.74) is 2.83. The summed E-state index contributed by atoms with van der Waals surface area (Å²) in [4.78, 5) is 29.2. The lowest BCUT2D eigenvalue weighted by Crippen LogP contribution is -2.54. The maximum Gasteiger partial charge on any atom is 0.268 e. The third-order valence-electron chi connectivity index (χ3n) is 3.09. The van der Waals surface area contributed by atoms with Gasteiger partial charge < -0.3 is 10.1 Å². The molecule has 0 saturated carbocycles. The lowest BCUT2D eigenvalue weighted by atomic mass is 10.1. The Morgan fingerprint density at radius 2 is 1.79 bits per heavy atom. The maximum atomic E-state index is 12.4. The van der Waals surface area contributed by atoms with Crippen molar-refractivity contribution in [1.82, 2.24) is 10.8 Å². The highest BCUT2D eigenvalue weighted by atomic mass is 16.6. The molecule has 0 unspecified atom stereocenters. The molecule has 1 aromatic carbocycles. The van der Waals surface area contributed by atoms with E-state index >= 15 is 0 Å². The first-order valence-corrected chi connectivity index (χ1v) is 7.56. The number of benzene rings is 1. The summed E-state index contributed by atoms with van der Waals surface area (Å²) < 4.78 is 5.78. The van der Waals surface area contributed by atoms with Crippen molar-refractivity contribution < 1.29 is 19.2 Å². The van der Waals surface area contributed by atoms with Gasteiger partial charge in [0.25, 0.3) is 11.8 Å². The normalized spacial score (nSPS) is 13.5. The first kappa shape index (κ1) is 19.7. The van der Waals surface area contributed by atoms with Gasteiger partial charge in [0, 0.05) is 11.1 Å². The number of hydrogen-bond donors (Lipinski definition) is 2. The van der Waals surface area contributed by atoms with Gasteiger partial charge in [0.2, 0.25) is 0 Å². The Morgan fingerprint density at radius 1 is 1.21 bits per heavy atom. The number of amides is 2. The molecule has 6 nitrogen and oxygen atoms in total. The van der Waals surface area contributed by atoms with Gasteiger partial charge in [0.15, 0.2) is 0 Å². The fraction of sp³-hybridized carbons (Fsp3) is 0.444. The van der Waals surface area contributed by atoms with Gasteiger partial charge in [-0.25, -0.2) is 5.48 Å². The molecular formula is C18H24N2O4. The Kier molecular flexibility index (Phi) is 6.96. The van der Waals surface area contributed by atoms with Crippen LogP contribution >= 0.6 is 0 Å². The summed E-state index contributed by atoms with van der Waals surface area (Å²) in [7, 11) is 1.32. The van der Waals surface area contributed by atoms with Gasteiger partial charge in [0.05, 0.1) is 18.8 Å². The number of rotatable bonds is 6. The average Bonchev–Trinajstić information content (AvgIpc) is 2.50. The van der Waals surface area contributed by atoms with Crippen LogP contribution in [0.25, 0.3) is 0 Å². The van der Waals surface area contributed by atoms with Crippen LogP contribution < -0.4 is 10.8 Å². The van der Waals surface area contributed by atoms with Gasteiger partial charge in [0.1, 0.15) is 6.04 Å². The molecule has 0 aliphatic rings. The second kappa shape index (κ2) is 8.48. The van der Waals surface area contributed by atoms with Crippen LogP contribution in [0.5, 0.6) is 0 Å². The van der Waals surface area contributed by atoms with E-state index in [1.807, 2.05) is 20.8 Å². The molecule has 6 heteroatoms. The standard InChI is InChI=1S/C18H24N2O4/c1-7-13-8-10-14(11-9-13)16(21)19-15(17(22)20-23-6)12(2)24-18(3,4)5/h1,8-12,15H,2-6H3,(H,19,21)(H,20,22)/t12-,15+/m1/s1. The Bertz CT molecular complexity index is 611. The van der Waals surface area contributed by atoms with Crippen LogP contribution in [0.1, 0.15) is 43.6 Å². The molecule has 24 heavy (non-hydrogen) atoms. The summed E-state index contributed by atoms with van der Waals surface area (Å²) in [6.45, 7) is 7.33. The maximum absolute atomic E-state index is 12.4. The summed E-state index contributed by atoms with van der Waals surface area (Å²) in [6, 6.07) is 5.61. The van der Waals surface area contributed by atoms with Crippen molar-refractivity contribution >= 4 is 11.8 Å². The number of hydroxylamine groups is 1. The topological polar surface area (TPSA) is 76.7 Å². The van der Waals surface area contributed by atoms with E-state index in [4.69, 9.17) is 11.2 Å². The van der Waals surface area contributed by atoms with Crippen LogP contribution in [0.15, 0.2) is 24.3 Å². The molecule has 0 heterocycles. The summed E-state index contributed by atoms with van der Waals surface area (Å²) in [5, 5.41) is 2.67. The summed E-state index contributed by atoms with van der Waals surface area (Å²) in [5.74, 6) is 1.58. The second-order valence-corrected chi connectivity index (χ2v) is 6.28. The van der Waals surface area contributed by atoms with Crippen molar-refractivity contribution in [3.63, 3.8) is 0 Å². The minimum atomic E-state index is -0.913. The fourth-order valence-corrected chi connectivity index (χ4v) is 2.13. The number of carbonyl (C=O) groups is 2. The number of ether oxygens (including phenoxy) is 1. The van der Waals surface area contributed by atoms with Crippen molar-refractivity contribution in [2.75, 3.05) is 7.11 Å². The monoisotopic (exact) mass is 332 g/mol. The second-order valence-electron chi connectivity index (χ2n) is 6.28. The van der Waals surface area contributed by atoms with Gasteiger partial charge in [-0.15, -0.1) is 6.42 Å². The van der Waals surface area contributed by atoms with Crippen LogP contribution in [0.4, 0.5) is 0 Å². The van der Waals surface area contributed by atoms with E-state index in [1.54, 1.807) is 31.2 Å². The van der Waals surface area contributed by atoms with E-state index in [1.165, 1.54) is 7.11 Å². The van der Waals surface area contributed by atoms with E-state index in [0.717, 1.165) is 0 Å². The quantitative estimate of drug-likeness (QED) is 0.613. The van der Waals surface area contributed by atoms with Crippen molar-refractivity contribution in [2.24, 2.45) is 0 Å². The lowest BCUT2D eigenvalue weighted by Gasteiger charge is -2.30. The van der Waals surface area contributed by atoms with E-state index in [-0.39, 0.29) is 0 Å². The Labute approximate surface area is 142 Å². The van der Waals surface area contributed by atoms with Gasteiger partial charge in [-0.2, -0.15) is 0 Å². The molecule has 0 saturated heterocycles. The molecule has 2 amide bonds. The molecule has 0 aromatic heterocycles. The molecule has 0 aliphatic carbocycles. The Hall–Kier alpha value is -2.36. The molecule has 0 bridgehead atoms. The van der Waals surface area contributed by atoms with Crippen LogP contribution in [0.2, 0.25) is 0 Å². The largest absolute Gasteiger partial charge is 0.370 e. The molecule has 0 radical (unpaired) electrons. The van der Waals surface area contributed by atoms with Gasteiger partial charge in [-0.3, -0.25) is 14.4 Å². The SMILES string of the molecule is C#Cc1ccc(C(=O)N[C@H](C(=O)NOC)[C@@H](C)OC(C)(C)C)cc1. The average molecular weight is 332 g/mol. The molecule has 0 fully saturated rings. The molecule has 130 valence electrons. The van der Waals surface area contributed by atoms with Gasteiger partial charge in [-0.05, 0) is 52.0 Å². The summed E-state index contributed by atoms with van der Waals surface area (Å²) in [6.07, 6.45) is 4.73. The smallest absolute Gasteiger partial charge is 0.268 e. The number of carbonyl (C=O) groups excluding carboxylic acids is 2. The molecule has 2 N–H and O–H groups in total. The molecule has 0 spiro atoms. The lowest BCUT2D eigenvalue weighted by molar-refractivity contribution is -0.140. The first-order chi connectivity index (χ1) is 11.2. The molecule has 1 rings (SSSR count). The molecule has 2 atom stereocenters. The van der Waals surface area contributed by atoms with E-state index in [2.05, 4.69) is 21.6 Å². The van der Waals surface area contributed by atoms with Crippen LogP contribution in [0.3, 0.4) is 0 Å². The zero-order valence-corrected chi connectivity index (χ0v) is 14.7. The predicted molar refractivity (Wildman–Crippen MR) is 91.1 cm³/mol. The first-order valence-electron chi connectivity index (χ1n) is 7.56. The zero-order valence-electron chi connectivity index (χ0n) is 14.7. The predicted octanol–water partition coefficient (Wildman–Crippen LogP) is 1.65. The Balaban J connectivity index is 2.92. The minimum Gasteiger partial charge on any atom is -0.370 e. The Morgan fingerprint density at radius 3 is 2.25 bits per heavy atom. The summed E-state index contributed by atoms with van der Waals surface area (Å²) >= 11 is 0. The fourth-order valence-electron chi connectivity index (χ4n) is 2.13. The molecule has 0 aliphatic heterocycles. The highest BCUT2D eigenvalue weighted by molar-refractivity contribution is 5.97. The van der Waals surface area contributed by atoms with Crippen LogP contribution in [-0.2, 0) is 14.4 Å². The molecule has 1 aromatic rings. The third-order valence-corrected chi connectivity index (χ3v) is 3.09. The number of hydrogen-bond acceptors (Lipinski definition) is 4. The zero-order chi connectivity index (χ0) is 18.3. The van der Waals surface area contributed by atoms with E-state index in [9.17, 15) is 9.59 Å². The molecular weight excluding hydrogens is 308 g/mol. The van der Waals surface area contributed by atoms with Crippen molar-refractivity contribution in [3.8, 4) is 12.3 Å². The minimum absolute atomic E-state index is 0.396.